The minimum atomic E-state index is -0.442. The van der Waals surface area contributed by atoms with Gasteiger partial charge in [0, 0.05) is 79.6 Å². The highest BCUT2D eigenvalue weighted by Crippen LogP contribution is 2.34. The molecule has 7 heteroatoms. The third-order valence-electron chi connectivity index (χ3n) is 10.0. The third-order valence-corrected chi connectivity index (χ3v) is 10.0. The molecule has 4 heterocycles. The normalized spacial score (nSPS) is 15.2. The smallest absolute Gasteiger partial charge is 0.310 e. The van der Waals surface area contributed by atoms with Gasteiger partial charge in [0.1, 0.15) is 11.4 Å². The molecule has 0 amide bonds. The molecule has 2 N–H and O–H groups in total. The zero-order valence-electron chi connectivity index (χ0n) is 31.0. The lowest BCUT2D eigenvalue weighted by molar-refractivity contribution is -0.153. The molecule has 0 saturated carbocycles. The molecule has 7 nitrogen and oxygen atoms in total. The first-order valence-electron chi connectivity index (χ1n) is 18.4. The maximum absolute atomic E-state index is 12.1. The van der Waals surface area contributed by atoms with Gasteiger partial charge in [0.05, 0.1) is 6.42 Å². The van der Waals surface area contributed by atoms with Crippen molar-refractivity contribution in [2.75, 3.05) is 33.5 Å². The molecule has 0 bridgehead atoms. The number of fused-ring (bicyclic) bond motifs is 4. The van der Waals surface area contributed by atoms with E-state index in [-0.39, 0.29) is 11.8 Å². The maximum atomic E-state index is 12.1. The quantitative estimate of drug-likeness (QED) is 0.179. The molecule has 4 aromatic rings. The average molecular weight is 695 g/mol. The predicted octanol–water partition coefficient (Wildman–Crippen LogP) is 8.48. The molecule has 0 aromatic heterocycles. The first kappa shape index (κ1) is 35.1. The van der Waals surface area contributed by atoms with Crippen molar-refractivity contribution in [3.05, 3.63) is 142 Å². The second kappa shape index (κ2) is 14.4. The van der Waals surface area contributed by atoms with E-state index in [1.165, 1.54) is 56.1 Å². The van der Waals surface area contributed by atoms with Crippen molar-refractivity contribution in [2.45, 2.75) is 84.9 Å². The predicted molar refractivity (Wildman–Crippen MR) is 212 cm³/mol. The van der Waals surface area contributed by atoms with Crippen LogP contribution >= 0.6 is 0 Å². The molecule has 0 radical (unpaired) electrons. The summed E-state index contributed by atoms with van der Waals surface area (Å²) in [5.74, 6) is 0.0498. The molecular formula is C45H50N4O3. The number of rotatable bonds is 8. The Balaban J connectivity index is 0.000000164. The first-order valence-corrected chi connectivity index (χ1v) is 18.4. The number of anilines is 4. The summed E-state index contributed by atoms with van der Waals surface area (Å²) in [6.45, 7) is 19.3. The second-order valence-electron chi connectivity index (χ2n) is 15.7. The van der Waals surface area contributed by atoms with Crippen LogP contribution in [-0.4, -0.2) is 30.4 Å². The lowest BCUT2D eigenvalue weighted by Gasteiger charge is -2.21. The van der Waals surface area contributed by atoms with E-state index in [1.807, 2.05) is 20.8 Å². The molecule has 4 aliphatic rings. The van der Waals surface area contributed by atoms with Gasteiger partial charge in [-0.15, -0.1) is 0 Å². The van der Waals surface area contributed by atoms with Crippen molar-refractivity contribution in [3.63, 3.8) is 0 Å². The minimum absolute atomic E-state index is 0.171. The number of hydrogen-bond acceptors (Lipinski definition) is 7. The number of ether oxygens (including phenoxy) is 1. The zero-order chi connectivity index (χ0) is 36.6. The van der Waals surface area contributed by atoms with Crippen molar-refractivity contribution < 1.29 is 14.3 Å². The van der Waals surface area contributed by atoms with Gasteiger partial charge in [0.15, 0.2) is 0 Å². The van der Waals surface area contributed by atoms with E-state index in [2.05, 4.69) is 106 Å². The van der Waals surface area contributed by atoms with Gasteiger partial charge >= 0.3 is 5.97 Å². The standard InChI is InChI=1S/C24H28N2O2.C21H22N2O/c1-16-11-20-13-18(5-7-21(20)25-16)15-26-10-9-19-12-17(6-8-22(19)26)14-23(27)28-24(2,3)4;1-14-9-19-12-17(3-5-20(19)22-14)13-23-8-7-18-11-16(10-15(2)24)4-6-21(18)23/h5-8,12-13,25H,1,9-11,14-15H2,2-4H3;3-6,11-12,22H,1,7-10,13H2,2H3. The van der Waals surface area contributed by atoms with Gasteiger partial charge in [-0.1, -0.05) is 61.7 Å². The van der Waals surface area contributed by atoms with Crippen molar-refractivity contribution >= 4 is 34.5 Å². The van der Waals surface area contributed by atoms with Gasteiger partial charge in [0.2, 0.25) is 0 Å². The lowest BCUT2D eigenvalue weighted by atomic mass is 10.0. The summed E-state index contributed by atoms with van der Waals surface area (Å²) in [7, 11) is 0. The summed E-state index contributed by atoms with van der Waals surface area (Å²) in [6, 6.07) is 26.1. The molecule has 0 spiro atoms. The molecule has 0 atom stereocenters. The van der Waals surface area contributed by atoms with E-state index in [0.717, 1.165) is 74.4 Å². The van der Waals surface area contributed by atoms with Crippen LogP contribution in [0.5, 0.6) is 0 Å². The van der Waals surface area contributed by atoms with Crippen LogP contribution in [0.25, 0.3) is 0 Å². The van der Waals surface area contributed by atoms with Crippen LogP contribution in [0.1, 0.15) is 72.2 Å². The highest BCUT2D eigenvalue weighted by atomic mass is 16.6. The first-order chi connectivity index (χ1) is 24.8. The number of carbonyl (C=O) groups excluding carboxylic acids is 2. The summed E-state index contributed by atoms with van der Waals surface area (Å²) in [5.41, 5.74) is 16.8. The number of carbonyl (C=O) groups is 2. The Morgan fingerprint density at radius 1 is 0.654 bits per heavy atom. The Morgan fingerprint density at radius 3 is 1.56 bits per heavy atom. The van der Waals surface area contributed by atoms with Gasteiger partial charge < -0.3 is 25.2 Å². The molecular weight excluding hydrogens is 645 g/mol. The summed E-state index contributed by atoms with van der Waals surface area (Å²) >= 11 is 0. The molecule has 52 heavy (non-hydrogen) atoms. The minimum Gasteiger partial charge on any atom is -0.460 e. The van der Waals surface area contributed by atoms with Crippen molar-refractivity contribution in [3.8, 4) is 0 Å². The van der Waals surface area contributed by atoms with Gasteiger partial charge in [-0.25, -0.2) is 0 Å². The Bertz CT molecular complexity index is 2070. The van der Waals surface area contributed by atoms with Gasteiger partial charge in [-0.3, -0.25) is 9.59 Å². The summed E-state index contributed by atoms with van der Waals surface area (Å²) in [6.07, 6.45) is 4.77. The van der Waals surface area contributed by atoms with Gasteiger partial charge in [0.25, 0.3) is 0 Å². The van der Waals surface area contributed by atoms with E-state index in [9.17, 15) is 9.59 Å². The van der Waals surface area contributed by atoms with E-state index in [4.69, 9.17) is 4.74 Å². The van der Waals surface area contributed by atoms with Crippen LogP contribution in [0, 0.1) is 0 Å². The SMILES string of the molecule is C=C1Cc2cc(CN3CCc4cc(CC(=O)OC(C)(C)C)ccc43)ccc2N1.C=C1Cc2cc(CN3CCc4cc(CC(C)=O)ccc43)ccc2N1. The average Bonchev–Trinajstić information content (AvgIpc) is 3.84. The summed E-state index contributed by atoms with van der Waals surface area (Å²) in [5, 5.41) is 6.64. The molecule has 0 fully saturated rings. The van der Waals surface area contributed by atoms with E-state index < -0.39 is 5.60 Å². The van der Waals surface area contributed by atoms with Gasteiger partial charge in [-0.05, 0) is 109 Å². The van der Waals surface area contributed by atoms with Crippen LogP contribution in [-0.2, 0) is 65.9 Å². The topological polar surface area (TPSA) is 73.9 Å². The third kappa shape index (κ3) is 8.25. The van der Waals surface area contributed by atoms with Crippen molar-refractivity contribution in [1.82, 2.24) is 0 Å². The fraction of sp³-hybridized carbons (Fsp3) is 0.333. The van der Waals surface area contributed by atoms with Crippen molar-refractivity contribution in [1.29, 1.82) is 0 Å². The van der Waals surface area contributed by atoms with Crippen LogP contribution < -0.4 is 20.4 Å². The number of esters is 1. The molecule has 0 saturated heterocycles. The molecule has 0 unspecified atom stereocenters. The van der Waals surface area contributed by atoms with Crippen molar-refractivity contribution in [2.24, 2.45) is 0 Å². The van der Waals surface area contributed by atoms with Crippen LogP contribution in [0.15, 0.2) is 97.3 Å². The Hall–Kier alpha value is -5.30. The maximum Gasteiger partial charge on any atom is 0.310 e. The molecule has 4 aromatic carbocycles. The summed E-state index contributed by atoms with van der Waals surface area (Å²) in [4.78, 5) is 28.3. The summed E-state index contributed by atoms with van der Waals surface area (Å²) < 4.78 is 5.44. The Morgan fingerprint density at radius 2 is 1.10 bits per heavy atom. The number of Topliss-reactive ketones (excluding diaryl/α,β-unsaturated/α-hetero) is 1. The molecule has 0 aliphatic carbocycles. The van der Waals surface area contributed by atoms with E-state index in [1.54, 1.807) is 6.92 Å². The van der Waals surface area contributed by atoms with E-state index >= 15 is 0 Å². The largest absolute Gasteiger partial charge is 0.460 e. The van der Waals surface area contributed by atoms with E-state index in [0.29, 0.717) is 12.8 Å². The molecule has 268 valence electrons. The number of ketones is 1. The fourth-order valence-corrected chi connectivity index (χ4v) is 7.82. The van der Waals surface area contributed by atoms with Gasteiger partial charge in [-0.2, -0.15) is 0 Å². The van der Waals surface area contributed by atoms with Crippen LogP contribution in [0.2, 0.25) is 0 Å². The zero-order valence-corrected chi connectivity index (χ0v) is 31.0. The van der Waals surface area contributed by atoms with Crippen LogP contribution in [0.4, 0.5) is 22.7 Å². The number of nitrogens with one attached hydrogen (secondary N) is 2. The Kier molecular flexibility index (Phi) is 9.71. The highest BCUT2D eigenvalue weighted by Gasteiger charge is 2.23. The molecule has 8 rings (SSSR count). The number of nitrogens with zero attached hydrogens (tertiary/aromatic N) is 2. The Labute approximate surface area is 308 Å². The number of allylic oxidation sites excluding steroid dienone is 2. The molecule has 4 aliphatic heterocycles. The highest BCUT2D eigenvalue weighted by molar-refractivity contribution is 5.78. The lowest BCUT2D eigenvalue weighted by Crippen LogP contribution is -2.24. The number of hydrogen-bond donors (Lipinski definition) is 2. The fourth-order valence-electron chi connectivity index (χ4n) is 7.82. The second-order valence-corrected chi connectivity index (χ2v) is 15.7. The number of benzene rings is 4. The monoisotopic (exact) mass is 694 g/mol. The van der Waals surface area contributed by atoms with Crippen LogP contribution in [0.3, 0.4) is 0 Å².